The molecule has 3 amide bonds. The average molecular weight is 419 g/mol. The number of fused-ring (bicyclic) bond motifs is 1. The second kappa shape index (κ2) is 8.13. The highest BCUT2D eigenvalue weighted by Crippen LogP contribution is 2.25. The third-order valence-corrected chi connectivity index (χ3v) is 5.47. The maximum absolute atomic E-state index is 12.9. The standard InChI is InChI=1S/C24H19ClN2O3/c1-26(15-18-8-2-5-12-21(18)25)22(28)17-9-6-7-16(13-17)14-27-23(29)19-10-3-4-11-20(19)24(27)30/h2-13H,14-15H2,1H3. The molecule has 0 bridgehead atoms. The van der Waals surface area contributed by atoms with Crippen LogP contribution in [0.4, 0.5) is 0 Å². The van der Waals surface area contributed by atoms with Crippen LogP contribution in [0.3, 0.4) is 0 Å². The first-order valence-electron chi connectivity index (χ1n) is 9.49. The Labute approximate surface area is 179 Å². The third-order valence-electron chi connectivity index (χ3n) is 5.10. The molecule has 0 atom stereocenters. The lowest BCUT2D eigenvalue weighted by atomic mass is 10.1. The summed E-state index contributed by atoms with van der Waals surface area (Å²) in [6.07, 6.45) is 0. The monoisotopic (exact) mass is 418 g/mol. The largest absolute Gasteiger partial charge is 0.337 e. The van der Waals surface area contributed by atoms with E-state index in [0.29, 0.717) is 33.8 Å². The molecule has 0 saturated carbocycles. The number of carbonyl (C=O) groups is 3. The highest BCUT2D eigenvalue weighted by molar-refractivity contribution is 6.31. The Hall–Kier alpha value is -3.44. The fraction of sp³-hybridized carbons (Fsp3) is 0.125. The molecule has 150 valence electrons. The lowest BCUT2D eigenvalue weighted by Crippen LogP contribution is -2.29. The number of amides is 3. The molecule has 3 aromatic carbocycles. The van der Waals surface area contributed by atoms with Crippen molar-refractivity contribution in [2.75, 3.05) is 7.05 Å². The molecule has 4 rings (SSSR count). The number of rotatable bonds is 5. The number of hydrogen-bond donors (Lipinski definition) is 0. The Morgan fingerprint density at radius 1 is 0.900 bits per heavy atom. The molecule has 6 heteroatoms. The van der Waals surface area contributed by atoms with E-state index < -0.39 is 0 Å². The fourth-order valence-corrected chi connectivity index (χ4v) is 3.74. The van der Waals surface area contributed by atoms with Crippen LogP contribution in [-0.2, 0) is 13.1 Å². The van der Waals surface area contributed by atoms with Gasteiger partial charge in [-0.15, -0.1) is 0 Å². The highest BCUT2D eigenvalue weighted by Gasteiger charge is 2.35. The van der Waals surface area contributed by atoms with Gasteiger partial charge >= 0.3 is 0 Å². The van der Waals surface area contributed by atoms with E-state index in [9.17, 15) is 14.4 Å². The van der Waals surface area contributed by atoms with E-state index in [2.05, 4.69) is 0 Å². The molecule has 0 saturated heterocycles. The first kappa shape index (κ1) is 19.9. The van der Waals surface area contributed by atoms with Crippen molar-refractivity contribution in [2.24, 2.45) is 0 Å². The fourth-order valence-electron chi connectivity index (χ4n) is 3.54. The number of hydrogen-bond acceptors (Lipinski definition) is 3. The van der Waals surface area contributed by atoms with Gasteiger partial charge in [0.25, 0.3) is 17.7 Å². The van der Waals surface area contributed by atoms with Gasteiger partial charge in [0.1, 0.15) is 0 Å². The molecule has 0 spiro atoms. The SMILES string of the molecule is CN(Cc1ccccc1Cl)C(=O)c1cccc(CN2C(=O)c3ccccc3C2=O)c1. The number of nitrogens with zero attached hydrogens (tertiary/aromatic N) is 2. The molecular formula is C24H19ClN2O3. The number of carbonyl (C=O) groups excluding carboxylic acids is 3. The van der Waals surface area contributed by atoms with Crippen LogP contribution in [0.25, 0.3) is 0 Å². The van der Waals surface area contributed by atoms with Crippen LogP contribution >= 0.6 is 11.6 Å². The predicted octanol–water partition coefficient (Wildman–Crippen LogP) is 4.41. The van der Waals surface area contributed by atoms with Crippen LogP contribution in [0.5, 0.6) is 0 Å². The van der Waals surface area contributed by atoms with E-state index >= 15 is 0 Å². The summed E-state index contributed by atoms with van der Waals surface area (Å²) in [4.78, 5) is 40.9. The minimum absolute atomic E-state index is 0.113. The van der Waals surface area contributed by atoms with Crippen molar-refractivity contribution >= 4 is 29.3 Å². The van der Waals surface area contributed by atoms with Crippen LogP contribution in [0.1, 0.15) is 42.2 Å². The van der Waals surface area contributed by atoms with Crippen molar-refractivity contribution in [1.29, 1.82) is 0 Å². The zero-order valence-corrected chi connectivity index (χ0v) is 17.1. The van der Waals surface area contributed by atoms with Crippen LogP contribution in [0.15, 0.2) is 72.8 Å². The summed E-state index contributed by atoms with van der Waals surface area (Å²) in [5, 5.41) is 0.608. The summed E-state index contributed by atoms with van der Waals surface area (Å²) in [6.45, 7) is 0.489. The van der Waals surface area contributed by atoms with E-state index in [1.165, 1.54) is 4.90 Å². The molecule has 0 radical (unpaired) electrons. The maximum atomic E-state index is 12.9. The molecule has 5 nitrogen and oxygen atoms in total. The zero-order chi connectivity index (χ0) is 21.3. The summed E-state index contributed by atoms with van der Waals surface area (Å²) in [6, 6.07) is 21.2. The van der Waals surface area contributed by atoms with Crippen molar-refractivity contribution in [3.8, 4) is 0 Å². The molecule has 3 aromatic rings. The van der Waals surface area contributed by atoms with Crippen LogP contribution < -0.4 is 0 Å². The summed E-state index contributed by atoms with van der Waals surface area (Å²) < 4.78 is 0. The maximum Gasteiger partial charge on any atom is 0.261 e. The molecular weight excluding hydrogens is 400 g/mol. The van der Waals surface area contributed by atoms with Gasteiger partial charge in [0.15, 0.2) is 0 Å². The Balaban J connectivity index is 1.51. The van der Waals surface area contributed by atoms with Crippen molar-refractivity contribution in [2.45, 2.75) is 13.1 Å². The molecule has 30 heavy (non-hydrogen) atoms. The van der Waals surface area contributed by atoms with Gasteiger partial charge in [0, 0.05) is 24.2 Å². The Morgan fingerprint density at radius 3 is 2.20 bits per heavy atom. The van der Waals surface area contributed by atoms with Gasteiger partial charge in [-0.3, -0.25) is 19.3 Å². The number of benzene rings is 3. The Morgan fingerprint density at radius 2 is 1.53 bits per heavy atom. The predicted molar refractivity (Wildman–Crippen MR) is 114 cm³/mol. The molecule has 0 unspecified atom stereocenters. The van der Waals surface area contributed by atoms with E-state index in [1.54, 1.807) is 66.5 Å². The van der Waals surface area contributed by atoms with Crippen molar-refractivity contribution in [3.05, 3.63) is 106 Å². The van der Waals surface area contributed by atoms with E-state index in [4.69, 9.17) is 11.6 Å². The minimum atomic E-state index is -0.317. The highest BCUT2D eigenvalue weighted by atomic mass is 35.5. The molecule has 0 N–H and O–H groups in total. The molecule has 0 aliphatic carbocycles. The van der Waals surface area contributed by atoms with Gasteiger partial charge < -0.3 is 4.90 Å². The molecule has 1 aliphatic heterocycles. The summed E-state index contributed by atoms with van der Waals surface area (Å²) >= 11 is 6.20. The summed E-state index contributed by atoms with van der Waals surface area (Å²) in [5.74, 6) is -0.800. The second-order valence-electron chi connectivity index (χ2n) is 7.20. The van der Waals surface area contributed by atoms with Crippen LogP contribution in [0.2, 0.25) is 5.02 Å². The van der Waals surface area contributed by atoms with Crippen LogP contribution in [-0.4, -0.2) is 34.6 Å². The van der Waals surface area contributed by atoms with Gasteiger partial charge in [0.05, 0.1) is 17.7 Å². The summed E-state index contributed by atoms with van der Waals surface area (Å²) in [7, 11) is 1.71. The lowest BCUT2D eigenvalue weighted by Gasteiger charge is -2.19. The molecule has 0 fully saturated rings. The van der Waals surface area contributed by atoms with Gasteiger partial charge in [0.2, 0.25) is 0 Å². The first-order chi connectivity index (χ1) is 14.5. The van der Waals surface area contributed by atoms with Gasteiger partial charge in [-0.2, -0.15) is 0 Å². The normalized spacial score (nSPS) is 12.8. The third kappa shape index (κ3) is 3.72. The van der Waals surface area contributed by atoms with E-state index in [0.717, 1.165) is 5.56 Å². The topological polar surface area (TPSA) is 57.7 Å². The lowest BCUT2D eigenvalue weighted by molar-refractivity contribution is 0.0642. The molecule has 0 aromatic heterocycles. The van der Waals surface area contributed by atoms with Gasteiger partial charge in [-0.05, 0) is 41.5 Å². The van der Waals surface area contributed by atoms with Crippen molar-refractivity contribution in [3.63, 3.8) is 0 Å². The van der Waals surface area contributed by atoms with Crippen molar-refractivity contribution in [1.82, 2.24) is 9.80 Å². The second-order valence-corrected chi connectivity index (χ2v) is 7.60. The first-order valence-corrected chi connectivity index (χ1v) is 9.86. The van der Waals surface area contributed by atoms with Crippen LogP contribution in [0, 0.1) is 0 Å². The minimum Gasteiger partial charge on any atom is -0.337 e. The average Bonchev–Trinajstić information content (AvgIpc) is 3.00. The number of imide groups is 1. The Kier molecular flexibility index (Phi) is 5.38. The van der Waals surface area contributed by atoms with Crippen molar-refractivity contribution < 1.29 is 14.4 Å². The molecule has 1 heterocycles. The van der Waals surface area contributed by atoms with Gasteiger partial charge in [-0.1, -0.05) is 54.1 Å². The Bertz CT molecular complexity index is 1120. The van der Waals surface area contributed by atoms with Gasteiger partial charge in [-0.25, -0.2) is 0 Å². The molecule has 1 aliphatic rings. The smallest absolute Gasteiger partial charge is 0.261 e. The quantitative estimate of drug-likeness (QED) is 0.577. The van der Waals surface area contributed by atoms with E-state index in [1.807, 2.05) is 18.2 Å². The number of halogens is 1. The zero-order valence-electron chi connectivity index (χ0n) is 16.3. The van der Waals surface area contributed by atoms with E-state index in [-0.39, 0.29) is 24.3 Å². The summed E-state index contributed by atoms with van der Waals surface area (Å²) in [5.41, 5.74) is 2.88.